The molecule has 0 aromatic heterocycles. The van der Waals surface area contributed by atoms with Crippen LogP contribution in [0.5, 0.6) is 0 Å². The smallest absolute Gasteiger partial charge is 0.319 e. The number of hydrogen-bond acceptors (Lipinski definition) is 3. The lowest BCUT2D eigenvalue weighted by Gasteiger charge is -2.30. The summed E-state index contributed by atoms with van der Waals surface area (Å²) in [5.41, 5.74) is 3.97. The topological polar surface area (TPSA) is 73.5 Å². The molecule has 0 bridgehead atoms. The second kappa shape index (κ2) is 14.7. The summed E-state index contributed by atoms with van der Waals surface area (Å²) in [7, 11) is 0. The van der Waals surface area contributed by atoms with Crippen LogP contribution in [0.25, 0.3) is 11.1 Å². The van der Waals surface area contributed by atoms with E-state index in [1.165, 1.54) is 6.08 Å². The van der Waals surface area contributed by atoms with Gasteiger partial charge >= 0.3 is 6.03 Å². The van der Waals surface area contributed by atoms with Crippen LogP contribution in [-0.4, -0.2) is 48.1 Å². The molecule has 3 aromatic rings. The normalized spacial score (nSPS) is 12.2. The van der Waals surface area contributed by atoms with E-state index in [2.05, 4.69) is 60.7 Å². The van der Waals surface area contributed by atoms with Gasteiger partial charge in [-0.05, 0) is 62.9 Å². The molecule has 200 valence electrons. The average Bonchev–Trinajstić information content (AvgIpc) is 2.91. The number of nitrogens with one attached hydrogen (secondary N) is 3. The van der Waals surface area contributed by atoms with E-state index in [0.717, 1.165) is 23.2 Å². The third-order valence-electron chi connectivity index (χ3n) is 6.34. The number of anilines is 1. The third-order valence-corrected chi connectivity index (χ3v) is 6.34. The highest BCUT2D eigenvalue weighted by Crippen LogP contribution is 2.21. The van der Waals surface area contributed by atoms with Gasteiger partial charge in [-0.1, -0.05) is 78.9 Å². The zero-order valence-corrected chi connectivity index (χ0v) is 22.9. The molecule has 0 fully saturated rings. The molecule has 0 radical (unpaired) electrons. The van der Waals surface area contributed by atoms with E-state index in [4.69, 9.17) is 0 Å². The molecule has 3 rings (SSSR count). The maximum Gasteiger partial charge on any atom is 0.319 e. The number of carbonyl (C=O) groups is 2. The predicted molar refractivity (Wildman–Crippen MR) is 157 cm³/mol. The van der Waals surface area contributed by atoms with Crippen LogP contribution >= 0.6 is 0 Å². The molecule has 3 amide bonds. The molecule has 0 aliphatic heterocycles. The number of amides is 3. The van der Waals surface area contributed by atoms with Crippen LogP contribution in [0, 0.1) is 0 Å². The average molecular weight is 513 g/mol. The minimum atomic E-state index is -0.352. The van der Waals surface area contributed by atoms with Crippen molar-refractivity contribution in [2.75, 3.05) is 18.4 Å². The third kappa shape index (κ3) is 9.52. The maximum atomic E-state index is 12.8. The lowest BCUT2D eigenvalue weighted by atomic mass is 10.1. The molecule has 0 saturated heterocycles. The summed E-state index contributed by atoms with van der Waals surface area (Å²) < 4.78 is 0. The van der Waals surface area contributed by atoms with Crippen molar-refractivity contribution in [3.05, 3.63) is 103 Å². The molecule has 38 heavy (non-hydrogen) atoms. The Kier molecular flexibility index (Phi) is 11.1. The number of benzene rings is 3. The second-order valence-electron chi connectivity index (χ2n) is 9.91. The molecule has 0 heterocycles. The number of urea groups is 1. The summed E-state index contributed by atoms with van der Waals surface area (Å²) in [5.74, 6) is -0.172. The number of nitrogens with zero attached hydrogens (tertiary/aromatic N) is 1. The van der Waals surface area contributed by atoms with Crippen LogP contribution in [0.1, 0.15) is 33.3 Å². The number of hydrogen-bond donors (Lipinski definition) is 3. The van der Waals surface area contributed by atoms with E-state index in [1.54, 1.807) is 6.08 Å². The van der Waals surface area contributed by atoms with Crippen molar-refractivity contribution in [1.82, 2.24) is 15.5 Å². The first-order valence-electron chi connectivity index (χ1n) is 13.3. The van der Waals surface area contributed by atoms with Gasteiger partial charge in [-0.3, -0.25) is 9.69 Å². The summed E-state index contributed by atoms with van der Waals surface area (Å²) in [4.78, 5) is 27.7. The van der Waals surface area contributed by atoms with Gasteiger partial charge in [0.05, 0.1) is 6.04 Å². The fraction of sp³-hybridized carbons (Fsp3) is 0.312. The monoisotopic (exact) mass is 512 g/mol. The standard InChI is InChI=1S/C32H40N4O2/c1-24(2)36(25(3)4)22-21-33-31(37)20-19-30(23-26-11-7-5-8-12-26)35-32(38)34-29-17-15-28(16-18-29)27-13-9-6-10-14-27/h5-20,24-25,30H,21-23H2,1-4H3,(H,33,37)(H2,34,35,38)/t30-/m0/s1. The van der Waals surface area contributed by atoms with Crippen LogP contribution in [0.4, 0.5) is 10.5 Å². The Bertz CT molecular complexity index is 1150. The van der Waals surface area contributed by atoms with Crippen LogP contribution in [0.15, 0.2) is 97.1 Å². The summed E-state index contributed by atoms with van der Waals surface area (Å²) in [6.45, 7) is 9.98. The SMILES string of the molecule is CC(C)N(CCNC(=O)C=C[C@@H](Cc1ccccc1)NC(=O)Nc1ccc(-c2ccccc2)cc1)C(C)C. The Labute approximate surface area is 227 Å². The Balaban J connectivity index is 1.59. The molecule has 3 N–H and O–H groups in total. The van der Waals surface area contributed by atoms with Crippen LogP contribution in [0.3, 0.4) is 0 Å². The first-order valence-corrected chi connectivity index (χ1v) is 13.3. The fourth-order valence-electron chi connectivity index (χ4n) is 4.43. The van der Waals surface area contributed by atoms with Crippen molar-refractivity contribution in [2.24, 2.45) is 0 Å². The zero-order chi connectivity index (χ0) is 27.3. The van der Waals surface area contributed by atoms with E-state index in [1.807, 2.05) is 72.8 Å². The molecule has 0 saturated carbocycles. The van der Waals surface area contributed by atoms with E-state index in [-0.39, 0.29) is 18.0 Å². The molecule has 1 atom stereocenters. The van der Waals surface area contributed by atoms with E-state index < -0.39 is 0 Å². The molecule has 0 aliphatic rings. The van der Waals surface area contributed by atoms with Gasteiger partial charge in [0, 0.05) is 36.9 Å². The molecular formula is C32H40N4O2. The van der Waals surface area contributed by atoms with Gasteiger partial charge in [0.1, 0.15) is 0 Å². The number of rotatable bonds is 12. The van der Waals surface area contributed by atoms with Crippen molar-refractivity contribution >= 4 is 17.6 Å². The Morgan fingerprint density at radius 3 is 1.97 bits per heavy atom. The van der Waals surface area contributed by atoms with Gasteiger partial charge in [-0.15, -0.1) is 0 Å². The molecule has 6 heteroatoms. The summed E-state index contributed by atoms with van der Waals surface area (Å²) in [5, 5.41) is 8.86. The highest BCUT2D eigenvalue weighted by Gasteiger charge is 2.14. The largest absolute Gasteiger partial charge is 0.351 e. The van der Waals surface area contributed by atoms with Crippen LogP contribution < -0.4 is 16.0 Å². The number of carbonyl (C=O) groups excluding carboxylic acids is 2. The minimum absolute atomic E-state index is 0.172. The molecule has 0 aliphatic carbocycles. The van der Waals surface area contributed by atoms with Crippen molar-refractivity contribution in [2.45, 2.75) is 52.2 Å². The Hall–Kier alpha value is -3.90. The highest BCUT2D eigenvalue weighted by molar-refractivity contribution is 5.90. The van der Waals surface area contributed by atoms with Gasteiger partial charge < -0.3 is 16.0 Å². The lowest BCUT2D eigenvalue weighted by Crippen LogP contribution is -2.42. The van der Waals surface area contributed by atoms with Gasteiger partial charge in [-0.2, -0.15) is 0 Å². The summed E-state index contributed by atoms with van der Waals surface area (Å²) in [6.07, 6.45) is 3.83. The van der Waals surface area contributed by atoms with Crippen molar-refractivity contribution in [3.8, 4) is 11.1 Å². The summed E-state index contributed by atoms with van der Waals surface area (Å²) >= 11 is 0. The second-order valence-corrected chi connectivity index (χ2v) is 9.91. The lowest BCUT2D eigenvalue weighted by molar-refractivity contribution is -0.116. The van der Waals surface area contributed by atoms with E-state index >= 15 is 0 Å². The zero-order valence-electron chi connectivity index (χ0n) is 22.9. The van der Waals surface area contributed by atoms with Gasteiger partial charge in [0.2, 0.25) is 5.91 Å². The van der Waals surface area contributed by atoms with Crippen molar-refractivity contribution in [3.63, 3.8) is 0 Å². The van der Waals surface area contributed by atoms with Gasteiger partial charge in [0.15, 0.2) is 0 Å². The predicted octanol–water partition coefficient (Wildman–Crippen LogP) is 5.88. The Morgan fingerprint density at radius 1 is 0.789 bits per heavy atom. The summed E-state index contributed by atoms with van der Waals surface area (Å²) in [6, 6.07) is 27.9. The first-order chi connectivity index (χ1) is 18.3. The minimum Gasteiger partial charge on any atom is -0.351 e. The van der Waals surface area contributed by atoms with Crippen LogP contribution in [-0.2, 0) is 11.2 Å². The first kappa shape index (κ1) is 28.7. The Morgan fingerprint density at radius 2 is 1.37 bits per heavy atom. The van der Waals surface area contributed by atoms with Gasteiger partial charge in [-0.25, -0.2) is 4.79 Å². The fourth-order valence-corrected chi connectivity index (χ4v) is 4.43. The molecule has 0 spiro atoms. The molecule has 0 unspecified atom stereocenters. The molecular weight excluding hydrogens is 472 g/mol. The van der Waals surface area contributed by atoms with Gasteiger partial charge in [0.25, 0.3) is 0 Å². The van der Waals surface area contributed by atoms with Crippen LogP contribution in [0.2, 0.25) is 0 Å². The van der Waals surface area contributed by atoms with E-state index in [9.17, 15) is 9.59 Å². The quantitative estimate of drug-likeness (QED) is 0.266. The van der Waals surface area contributed by atoms with Crippen molar-refractivity contribution in [1.29, 1.82) is 0 Å². The maximum absolute atomic E-state index is 12.8. The molecule has 3 aromatic carbocycles. The highest BCUT2D eigenvalue weighted by atomic mass is 16.2. The molecule has 6 nitrogen and oxygen atoms in total. The van der Waals surface area contributed by atoms with Crippen molar-refractivity contribution < 1.29 is 9.59 Å². The van der Waals surface area contributed by atoms with E-state index in [0.29, 0.717) is 30.7 Å².